The number of methoxy groups -OCH3 is 1. The van der Waals surface area contributed by atoms with Crippen molar-refractivity contribution in [3.63, 3.8) is 0 Å². The van der Waals surface area contributed by atoms with E-state index in [1.54, 1.807) is 0 Å². The number of hydrogen-bond acceptors (Lipinski definition) is 4. The topological polar surface area (TPSA) is 84.5 Å². The van der Waals surface area contributed by atoms with Crippen LogP contribution in [0, 0.1) is 0 Å². The Labute approximate surface area is 87.4 Å². The largest absolute Gasteiger partial charge is 0.469 e. The van der Waals surface area contributed by atoms with Crippen LogP contribution in [-0.4, -0.2) is 37.5 Å². The fourth-order valence-corrected chi connectivity index (χ4v) is 1.32. The molecule has 0 aromatic carbocycles. The van der Waals surface area contributed by atoms with Crippen LogP contribution in [0.3, 0.4) is 0 Å². The summed E-state index contributed by atoms with van der Waals surface area (Å²) in [6.07, 6.45) is 1.04. The lowest BCUT2D eigenvalue weighted by atomic mass is 10.2. The number of ether oxygens (including phenoxy) is 1. The van der Waals surface area contributed by atoms with Crippen LogP contribution in [0.1, 0.15) is 19.3 Å². The minimum atomic E-state index is -0.449. The molecule has 0 aliphatic carbocycles. The molecule has 0 bridgehead atoms. The Morgan fingerprint density at radius 2 is 2.33 bits per heavy atom. The maximum absolute atomic E-state index is 11.4. The molecule has 15 heavy (non-hydrogen) atoms. The van der Waals surface area contributed by atoms with Crippen LogP contribution in [0.15, 0.2) is 0 Å². The van der Waals surface area contributed by atoms with Crippen molar-refractivity contribution in [1.29, 1.82) is 0 Å². The van der Waals surface area contributed by atoms with Gasteiger partial charge in [0, 0.05) is 13.0 Å². The second kappa shape index (κ2) is 5.33. The van der Waals surface area contributed by atoms with Gasteiger partial charge in [0.25, 0.3) is 0 Å². The first kappa shape index (κ1) is 11.5. The normalized spacial score (nSPS) is 19.5. The van der Waals surface area contributed by atoms with Gasteiger partial charge in [0.15, 0.2) is 0 Å². The summed E-state index contributed by atoms with van der Waals surface area (Å²) >= 11 is 0. The molecule has 1 aliphatic rings. The van der Waals surface area contributed by atoms with Crippen LogP contribution in [0.2, 0.25) is 0 Å². The number of hydrogen-bond donors (Lipinski definition) is 2. The van der Waals surface area contributed by atoms with Crippen LogP contribution in [0.5, 0.6) is 0 Å². The van der Waals surface area contributed by atoms with E-state index in [1.807, 2.05) is 0 Å². The average Bonchev–Trinajstić information content (AvgIpc) is 2.64. The maximum atomic E-state index is 11.4. The summed E-state index contributed by atoms with van der Waals surface area (Å²) in [6.45, 7) is 0.234. The van der Waals surface area contributed by atoms with E-state index in [2.05, 4.69) is 15.4 Å². The summed E-state index contributed by atoms with van der Waals surface area (Å²) in [5.41, 5.74) is 0. The van der Waals surface area contributed by atoms with Gasteiger partial charge < -0.3 is 15.4 Å². The van der Waals surface area contributed by atoms with Crippen molar-refractivity contribution < 1.29 is 19.1 Å². The first-order valence-electron chi connectivity index (χ1n) is 4.77. The number of nitrogens with one attached hydrogen (secondary N) is 2. The van der Waals surface area contributed by atoms with Gasteiger partial charge in [-0.25, -0.2) is 0 Å². The molecule has 0 radical (unpaired) electrons. The van der Waals surface area contributed by atoms with E-state index in [9.17, 15) is 14.4 Å². The number of carbonyl (C=O) groups is 3. The average molecular weight is 214 g/mol. The van der Waals surface area contributed by atoms with E-state index in [-0.39, 0.29) is 30.7 Å². The smallest absolute Gasteiger partial charge is 0.307 e. The summed E-state index contributed by atoms with van der Waals surface area (Å²) in [6, 6.07) is -0.449. The molecule has 0 aromatic rings. The van der Waals surface area contributed by atoms with Crippen molar-refractivity contribution in [2.24, 2.45) is 0 Å². The third-order valence-electron chi connectivity index (χ3n) is 2.17. The molecule has 1 aliphatic heterocycles. The second-order valence-corrected chi connectivity index (χ2v) is 3.28. The monoisotopic (exact) mass is 214 g/mol. The standard InChI is InChI=1S/C9H14N2O4/c1-15-8(13)4-5-10-9(14)6-2-3-7(12)11-6/h6H,2-5H2,1H3,(H,10,14)(H,11,12). The Balaban J connectivity index is 2.19. The van der Waals surface area contributed by atoms with Crippen LogP contribution >= 0.6 is 0 Å². The highest BCUT2D eigenvalue weighted by Crippen LogP contribution is 2.05. The van der Waals surface area contributed by atoms with Crippen molar-refractivity contribution in [3.8, 4) is 0 Å². The van der Waals surface area contributed by atoms with Crippen LogP contribution in [0.4, 0.5) is 0 Å². The van der Waals surface area contributed by atoms with Crippen LogP contribution in [0.25, 0.3) is 0 Å². The first-order chi connectivity index (χ1) is 7.13. The molecule has 1 fully saturated rings. The predicted octanol–water partition coefficient (Wildman–Crippen LogP) is -1.06. The highest BCUT2D eigenvalue weighted by molar-refractivity contribution is 5.90. The van der Waals surface area contributed by atoms with E-state index >= 15 is 0 Å². The molecule has 1 saturated heterocycles. The van der Waals surface area contributed by atoms with Crippen molar-refractivity contribution in [3.05, 3.63) is 0 Å². The summed E-state index contributed by atoms with van der Waals surface area (Å²) in [7, 11) is 1.29. The molecule has 84 valence electrons. The zero-order valence-corrected chi connectivity index (χ0v) is 8.54. The molecular weight excluding hydrogens is 200 g/mol. The Hall–Kier alpha value is -1.59. The highest BCUT2D eigenvalue weighted by atomic mass is 16.5. The molecule has 1 atom stereocenters. The lowest BCUT2D eigenvalue weighted by Gasteiger charge is -2.09. The highest BCUT2D eigenvalue weighted by Gasteiger charge is 2.26. The molecule has 1 unspecified atom stereocenters. The minimum absolute atomic E-state index is 0.108. The van der Waals surface area contributed by atoms with E-state index in [0.29, 0.717) is 12.8 Å². The fraction of sp³-hybridized carbons (Fsp3) is 0.667. The zero-order valence-electron chi connectivity index (χ0n) is 8.54. The fourth-order valence-electron chi connectivity index (χ4n) is 1.32. The number of esters is 1. The molecule has 2 amide bonds. The third kappa shape index (κ3) is 3.57. The van der Waals surface area contributed by atoms with Gasteiger partial charge in [-0.2, -0.15) is 0 Å². The van der Waals surface area contributed by atoms with Crippen molar-refractivity contribution in [1.82, 2.24) is 10.6 Å². The number of carbonyl (C=O) groups excluding carboxylic acids is 3. The molecular formula is C9H14N2O4. The SMILES string of the molecule is COC(=O)CCNC(=O)C1CCC(=O)N1. The number of rotatable bonds is 4. The number of amides is 2. The van der Waals surface area contributed by atoms with E-state index < -0.39 is 6.04 Å². The van der Waals surface area contributed by atoms with Crippen LogP contribution in [-0.2, 0) is 19.1 Å². The Morgan fingerprint density at radius 1 is 1.60 bits per heavy atom. The van der Waals surface area contributed by atoms with Gasteiger partial charge in [-0.15, -0.1) is 0 Å². The summed E-state index contributed by atoms with van der Waals surface area (Å²) < 4.78 is 4.41. The van der Waals surface area contributed by atoms with Gasteiger partial charge in [0.05, 0.1) is 13.5 Å². The molecule has 1 rings (SSSR count). The molecule has 1 heterocycles. The van der Waals surface area contributed by atoms with Gasteiger partial charge >= 0.3 is 5.97 Å². The molecule has 6 heteroatoms. The third-order valence-corrected chi connectivity index (χ3v) is 2.17. The lowest BCUT2D eigenvalue weighted by Crippen LogP contribution is -2.42. The first-order valence-corrected chi connectivity index (χ1v) is 4.77. The van der Waals surface area contributed by atoms with Crippen molar-refractivity contribution in [2.45, 2.75) is 25.3 Å². The second-order valence-electron chi connectivity index (χ2n) is 3.28. The maximum Gasteiger partial charge on any atom is 0.307 e. The van der Waals surface area contributed by atoms with E-state index in [1.165, 1.54) is 7.11 Å². The summed E-state index contributed by atoms with van der Waals surface area (Å²) in [5, 5.41) is 5.09. The zero-order chi connectivity index (χ0) is 11.3. The lowest BCUT2D eigenvalue weighted by molar-refractivity contribution is -0.140. The molecule has 0 aromatic heterocycles. The van der Waals surface area contributed by atoms with Crippen molar-refractivity contribution in [2.75, 3.05) is 13.7 Å². The van der Waals surface area contributed by atoms with Crippen LogP contribution < -0.4 is 10.6 Å². The van der Waals surface area contributed by atoms with Gasteiger partial charge in [-0.1, -0.05) is 0 Å². The van der Waals surface area contributed by atoms with Gasteiger partial charge in [-0.05, 0) is 6.42 Å². The molecule has 2 N–H and O–H groups in total. The Kier molecular flexibility index (Phi) is 4.08. The summed E-state index contributed by atoms with van der Waals surface area (Å²) in [5.74, 6) is -0.723. The predicted molar refractivity (Wildman–Crippen MR) is 50.8 cm³/mol. The van der Waals surface area contributed by atoms with E-state index in [0.717, 1.165) is 0 Å². The Bertz CT molecular complexity index is 277. The molecule has 6 nitrogen and oxygen atoms in total. The van der Waals surface area contributed by atoms with Crippen molar-refractivity contribution >= 4 is 17.8 Å². The Morgan fingerprint density at radius 3 is 2.87 bits per heavy atom. The van der Waals surface area contributed by atoms with Gasteiger partial charge in [-0.3, -0.25) is 14.4 Å². The molecule has 0 spiro atoms. The molecule has 0 saturated carbocycles. The van der Waals surface area contributed by atoms with Gasteiger partial charge in [0.1, 0.15) is 6.04 Å². The summed E-state index contributed by atoms with van der Waals surface area (Å²) in [4.78, 5) is 32.9. The minimum Gasteiger partial charge on any atom is -0.469 e. The van der Waals surface area contributed by atoms with E-state index in [4.69, 9.17) is 0 Å². The quantitative estimate of drug-likeness (QED) is 0.584. The van der Waals surface area contributed by atoms with Gasteiger partial charge in [0.2, 0.25) is 11.8 Å².